The predicted molar refractivity (Wildman–Crippen MR) is 99.7 cm³/mol. The first-order valence-corrected chi connectivity index (χ1v) is 9.49. The van der Waals surface area contributed by atoms with Gasteiger partial charge in [-0.2, -0.15) is 0 Å². The summed E-state index contributed by atoms with van der Waals surface area (Å²) in [4.78, 5) is 26.7. The van der Waals surface area contributed by atoms with Crippen molar-refractivity contribution >= 4 is 29.1 Å². The van der Waals surface area contributed by atoms with E-state index >= 15 is 0 Å². The minimum atomic E-state index is -0.417. The zero-order valence-electron chi connectivity index (χ0n) is 14.6. The summed E-state index contributed by atoms with van der Waals surface area (Å²) in [7, 11) is 0. The van der Waals surface area contributed by atoms with Crippen molar-refractivity contribution in [2.45, 2.75) is 38.6 Å². The molecule has 0 saturated carbocycles. The molecule has 2 aliphatic rings. The number of carbonyl (C=O) groups is 2. The van der Waals surface area contributed by atoms with Crippen LogP contribution in [0.1, 0.15) is 32.6 Å². The molecule has 2 saturated heterocycles. The number of rotatable bonds is 5. The lowest BCUT2D eigenvalue weighted by atomic mass is 9.85. The van der Waals surface area contributed by atoms with Gasteiger partial charge in [0.05, 0.1) is 0 Å². The van der Waals surface area contributed by atoms with E-state index in [4.69, 9.17) is 11.6 Å². The van der Waals surface area contributed by atoms with Crippen molar-refractivity contribution in [2.75, 3.05) is 24.5 Å². The highest BCUT2D eigenvalue weighted by Crippen LogP contribution is 2.25. The monoisotopic (exact) mass is 363 g/mol. The van der Waals surface area contributed by atoms with E-state index in [9.17, 15) is 9.59 Å². The number of piperidine rings is 1. The molecule has 3 unspecified atom stereocenters. The molecule has 0 spiro atoms. The summed E-state index contributed by atoms with van der Waals surface area (Å²) in [6.07, 6.45) is 3.48. The van der Waals surface area contributed by atoms with E-state index in [-0.39, 0.29) is 11.8 Å². The molecule has 1 aromatic carbocycles. The molecule has 1 aromatic rings. The van der Waals surface area contributed by atoms with Crippen molar-refractivity contribution in [2.24, 2.45) is 11.8 Å². The second-order valence-electron chi connectivity index (χ2n) is 7.16. The van der Waals surface area contributed by atoms with Gasteiger partial charge in [-0.25, -0.2) is 0 Å². The fourth-order valence-corrected chi connectivity index (χ4v) is 3.89. The van der Waals surface area contributed by atoms with Gasteiger partial charge in [0.25, 0.3) is 0 Å². The van der Waals surface area contributed by atoms with Crippen LogP contribution in [0, 0.1) is 11.8 Å². The Labute approximate surface area is 154 Å². The van der Waals surface area contributed by atoms with E-state index in [0.717, 1.165) is 18.8 Å². The van der Waals surface area contributed by atoms with Gasteiger partial charge in [-0.05, 0) is 68.5 Å². The molecule has 2 amide bonds. The number of carbonyl (C=O) groups excluding carboxylic acids is 2. The van der Waals surface area contributed by atoms with Crippen LogP contribution < -0.4 is 15.5 Å². The standard InChI is InChI=1S/C19H26ClN3O2/c1-13(14-3-2-9-21-12-14)11-18(24)22-17-8-10-23(19(17)25)16-6-4-15(20)5-7-16/h4-7,13-14,17,21H,2-3,8-12H2,1H3,(H,22,24). The SMILES string of the molecule is CC(CC(=O)NC1CCN(c2ccc(Cl)cc2)C1=O)C1CCCNC1. The van der Waals surface area contributed by atoms with Gasteiger partial charge in [-0.3, -0.25) is 9.59 Å². The van der Waals surface area contributed by atoms with Crippen molar-refractivity contribution in [1.29, 1.82) is 0 Å². The number of anilines is 1. The summed E-state index contributed by atoms with van der Waals surface area (Å²) in [5.74, 6) is 0.818. The largest absolute Gasteiger partial charge is 0.344 e. The molecule has 0 aliphatic carbocycles. The molecule has 3 atom stereocenters. The van der Waals surface area contributed by atoms with Crippen molar-refractivity contribution in [3.05, 3.63) is 29.3 Å². The van der Waals surface area contributed by atoms with Crippen LogP contribution in [0.2, 0.25) is 5.02 Å². The number of hydrogen-bond acceptors (Lipinski definition) is 3. The van der Waals surface area contributed by atoms with Crippen LogP contribution in [0.3, 0.4) is 0 Å². The highest BCUT2D eigenvalue weighted by molar-refractivity contribution is 6.30. The number of nitrogens with zero attached hydrogens (tertiary/aromatic N) is 1. The number of amides is 2. The van der Waals surface area contributed by atoms with E-state index in [2.05, 4.69) is 17.6 Å². The van der Waals surface area contributed by atoms with Crippen molar-refractivity contribution in [1.82, 2.24) is 10.6 Å². The molecule has 0 aromatic heterocycles. The lowest BCUT2D eigenvalue weighted by Crippen LogP contribution is -2.43. The molecule has 136 valence electrons. The van der Waals surface area contributed by atoms with Crippen LogP contribution in [-0.2, 0) is 9.59 Å². The van der Waals surface area contributed by atoms with E-state index in [1.54, 1.807) is 17.0 Å². The number of hydrogen-bond donors (Lipinski definition) is 2. The molecule has 3 rings (SSSR count). The Hall–Kier alpha value is -1.59. The van der Waals surface area contributed by atoms with Crippen molar-refractivity contribution in [3.8, 4) is 0 Å². The van der Waals surface area contributed by atoms with E-state index in [0.29, 0.717) is 36.2 Å². The molecule has 2 aliphatic heterocycles. The van der Waals surface area contributed by atoms with Crippen LogP contribution in [-0.4, -0.2) is 37.5 Å². The van der Waals surface area contributed by atoms with Crippen molar-refractivity contribution in [3.63, 3.8) is 0 Å². The van der Waals surface area contributed by atoms with Gasteiger partial charge in [-0.1, -0.05) is 18.5 Å². The Bertz CT molecular complexity index is 614. The minimum absolute atomic E-state index is 0.0191. The Morgan fingerprint density at radius 2 is 2.12 bits per heavy atom. The topological polar surface area (TPSA) is 61.4 Å². The first-order valence-electron chi connectivity index (χ1n) is 9.11. The summed E-state index contributed by atoms with van der Waals surface area (Å²) in [5.41, 5.74) is 0.827. The number of nitrogens with one attached hydrogen (secondary N) is 2. The van der Waals surface area contributed by atoms with Gasteiger partial charge in [0, 0.05) is 23.7 Å². The average Bonchev–Trinajstić information content (AvgIpc) is 2.97. The Kier molecular flexibility index (Phi) is 5.97. The van der Waals surface area contributed by atoms with E-state index in [1.807, 2.05) is 12.1 Å². The van der Waals surface area contributed by atoms with Crippen LogP contribution in [0.5, 0.6) is 0 Å². The zero-order valence-corrected chi connectivity index (χ0v) is 15.4. The maximum atomic E-state index is 12.6. The fourth-order valence-electron chi connectivity index (χ4n) is 3.77. The number of halogens is 1. The molecule has 2 N–H and O–H groups in total. The third-order valence-electron chi connectivity index (χ3n) is 5.33. The summed E-state index contributed by atoms with van der Waals surface area (Å²) < 4.78 is 0. The van der Waals surface area contributed by atoms with Gasteiger partial charge in [0.1, 0.15) is 6.04 Å². The zero-order chi connectivity index (χ0) is 17.8. The Balaban J connectivity index is 1.51. The molecule has 0 radical (unpaired) electrons. The lowest BCUT2D eigenvalue weighted by molar-refractivity contribution is -0.127. The normalized spacial score (nSPS) is 25.0. The summed E-state index contributed by atoms with van der Waals surface area (Å²) in [6.45, 7) is 4.81. The minimum Gasteiger partial charge on any atom is -0.344 e. The van der Waals surface area contributed by atoms with Crippen LogP contribution in [0.15, 0.2) is 24.3 Å². The second kappa shape index (κ2) is 8.19. The molecular formula is C19H26ClN3O2. The third kappa shape index (κ3) is 4.53. The van der Waals surface area contributed by atoms with Crippen LogP contribution >= 0.6 is 11.6 Å². The fraction of sp³-hybridized carbons (Fsp3) is 0.579. The van der Waals surface area contributed by atoms with E-state index in [1.165, 1.54) is 12.8 Å². The molecule has 2 heterocycles. The quantitative estimate of drug-likeness (QED) is 0.845. The smallest absolute Gasteiger partial charge is 0.249 e. The maximum Gasteiger partial charge on any atom is 0.249 e. The predicted octanol–water partition coefficient (Wildman–Crippen LogP) is 2.59. The third-order valence-corrected chi connectivity index (χ3v) is 5.58. The summed E-state index contributed by atoms with van der Waals surface area (Å²) in [5, 5.41) is 6.97. The second-order valence-corrected chi connectivity index (χ2v) is 7.60. The molecule has 25 heavy (non-hydrogen) atoms. The molecule has 2 fully saturated rings. The van der Waals surface area contributed by atoms with Crippen LogP contribution in [0.25, 0.3) is 0 Å². The first kappa shape index (κ1) is 18.2. The summed E-state index contributed by atoms with van der Waals surface area (Å²) in [6, 6.07) is 6.80. The maximum absolute atomic E-state index is 12.6. The highest BCUT2D eigenvalue weighted by atomic mass is 35.5. The molecule has 5 nitrogen and oxygen atoms in total. The molecular weight excluding hydrogens is 338 g/mol. The van der Waals surface area contributed by atoms with Crippen molar-refractivity contribution < 1.29 is 9.59 Å². The first-order chi connectivity index (χ1) is 12.0. The van der Waals surface area contributed by atoms with Gasteiger partial charge in [-0.15, -0.1) is 0 Å². The highest BCUT2D eigenvalue weighted by Gasteiger charge is 2.34. The summed E-state index contributed by atoms with van der Waals surface area (Å²) >= 11 is 5.90. The number of benzene rings is 1. The molecule has 6 heteroatoms. The van der Waals surface area contributed by atoms with Gasteiger partial charge in [0.2, 0.25) is 11.8 Å². The van der Waals surface area contributed by atoms with E-state index < -0.39 is 6.04 Å². The van der Waals surface area contributed by atoms with Gasteiger partial charge < -0.3 is 15.5 Å². The Morgan fingerprint density at radius 1 is 1.36 bits per heavy atom. The van der Waals surface area contributed by atoms with Crippen LogP contribution in [0.4, 0.5) is 5.69 Å². The average molecular weight is 364 g/mol. The lowest BCUT2D eigenvalue weighted by Gasteiger charge is -2.28. The Morgan fingerprint density at radius 3 is 2.80 bits per heavy atom. The van der Waals surface area contributed by atoms with Gasteiger partial charge >= 0.3 is 0 Å². The molecule has 0 bridgehead atoms. The van der Waals surface area contributed by atoms with Gasteiger partial charge in [0.15, 0.2) is 0 Å².